The summed E-state index contributed by atoms with van der Waals surface area (Å²) < 4.78 is 47.8. The van der Waals surface area contributed by atoms with Crippen molar-refractivity contribution in [3.8, 4) is 5.75 Å². The second-order valence-electron chi connectivity index (χ2n) is 13.6. The molecule has 0 aliphatic rings. The maximum Gasteiger partial charge on any atom is 0.329 e. The van der Waals surface area contributed by atoms with E-state index in [1.54, 1.807) is 24.3 Å². The zero-order chi connectivity index (χ0) is 40.0. The predicted molar refractivity (Wildman–Crippen MR) is 202 cm³/mol. The van der Waals surface area contributed by atoms with Gasteiger partial charge in [0, 0.05) is 38.1 Å². The number of ether oxygens (including phenoxy) is 5. The maximum absolute atomic E-state index is 12.9. The van der Waals surface area contributed by atoms with Crippen LogP contribution in [-0.2, 0) is 49.1 Å². The summed E-state index contributed by atoms with van der Waals surface area (Å²) in [6.45, 7) is 13.0. The second kappa shape index (κ2) is 24.6. The number of aromatic nitrogens is 2. The van der Waals surface area contributed by atoms with Crippen molar-refractivity contribution in [3.05, 3.63) is 42.2 Å². The van der Waals surface area contributed by atoms with E-state index in [2.05, 4.69) is 39.2 Å². The van der Waals surface area contributed by atoms with Gasteiger partial charge in [0.2, 0.25) is 11.9 Å². The Morgan fingerprint density at radius 2 is 1.39 bits per heavy atom. The van der Waals surface area contributed by atoms with E-state index in [0.29, 0.717) is 23.5 Å². The van der Waals surface area contributed by atoms with Gasteiger partial charge in [-0.25, -0.2) is 19.0 Å². The Labute approximate surface area is 320 Å². The number of benzene rings is 1. The lowest BCUT2D eigenvalue weighted by atomic mass is 9.90. The summed E-state index contributed by atoms with van der Waals surface area (Å²) in [5, 5.41) is 13.8. The molecule has 1 heterocycles. The molecule has 0 fully saturated rings. The highest BCUT2D eigenvalue weighted by atomic mass is 32.2. The molecule has 0 radical (unpaired) electrons. The SMILES string of the molecule is CP(CC(C)(C)CCC(=O)OC(C)(C)C)Oc1ccc(S(=O)Nc2ncc(C(=O)NCCOCCOCC(=O)NCCOCCOCC(=O)O)cn2)cc1. The first-order valence-electron chi connectivity index (χ1n) is 17.3. The van der Waals surface area contributed by atoms with E-state index in [1.807, 2.05) is 27.4 Å². The van der Waals surface area contributed by atoms with Crippen LogP contribution in [0.2, 0.25) is 0 Å². The van der Waals surface area contributed by atoms with Crippen LogP contribution in [0.5, 0.6) is 5.75 Å². The highest BCUT2D eigenvalue weighted by Gasteiger charge is 2.25. The fraction of sp³-hybridized carbons (Fsp3) is 0.600. The number of hydrogen-bond donors (Lipinski definition) is 4. The summed E-state index contributed by atoms with van der Waals surface area (Å²) in [6.07, 6.45) is 4.46. The number of anilines is 1. The number of esters is 1. The number of hydrogen-bond acceptors (Lipinski definition) is 13. The van der Waals surface area contributed by atoms with E-state index in [-0.39, 0.29) is 94.7 Å². The zero-order valence-electron chi connectivity index (χ0n) is 31.8. The molecule has 2 aromatic rings. The van der Waals surface area contributed by atoms with Gasteiger partial charge in [-0.1, -0.05) is 13.8 Å². The third kappa shape index (κ3) is 21.8. The predicted octanol–water partition coefficient (Wildman–Crippen LogP) is 3.16. The van der Waals surface area contributed by atoms with Crippen molar-refractivity contribution in [1.29, 1.82) is 0 Å². The smallest absolute Gasteiger partial charge is 0.329 e. The van der Waals surface area contributed by atoms with E-state index >= 15 is 0 Å². The third-order valence-corrected chi connectivity index (χ3v) is 9.67. The molecule has 2 amide bonds. The van der Waals surface area contributed by atoms with Gasteiger partial charge in [0.15, 0.2) is 11.0 Å². The van der Waals surface area contributed by atoms with E-state index < -0.39 is 36.6 Å². The molecule has 0 aliphatic heterocycles. The van der Waals surface area contributed by atoms with Crippen LogP contribution >= 0.6 is 8.15 Å². The average Bonchev–Trinajstić information content (AvgIpc) is 3.09. The van der Waals surface area contributed by atoms with Crippen LogP contribution in [0.15, 0.2) is 41.6 Å². The van der Waals surface area contributed by atoms with E-state index in [1.165, 1.54) is 12.4 Å². The van der Waals surface area contributed by atoms with Gasteiger partial charge in [0.25, 0.3) is 5.91 Å². The van der Waals surface area contributed by atoms with Gasteiger partial charge in [-0.3, -0.25) is 19.1 Å². The quantitative estimate of drug-likeness (QED) is 0.0579. The lowest BCUT2D eigenvalue weighted by Gasteiger charge is -2.28. The summed E-state index contributed by atoms with van der Waals surface area (Å²) in [4.78, 5) is 55.3. The number of amides is 2. The number of carboxylic acids is 1. The van der Waals surface area contributed by atoms with Gasteiger partial charge >= 0.3 is 11.9 Å². The van der Waals surface area contributed by atoms with Crippen molar-refractivity contribution in [2.45, 2.75) is 58.0 Å². The van der Waals surface area contributed by atoms with E-state index in [0.717, 1.165) is 6.16 Å². The molecule has 2 atom stereocenters. The minimum absolute atomic E-state index is 0.0846. The van der Waals surface area contributed by atoms with E-state index in [9.17, 15) is 23.4 Å². The van der Waals surface area contributed by atoms with Gasteiger partial charge in [-0.15, -0.1) is 0 Å². The van der Waals surface area contributed by atoms with Crippen molar-refractivity contribution >= 4 is 48.8 Å². The molecule has 1 aromatic carbocycles. The van der Waals surface area contributed by atoms with Crippen LogP contribution in [0.3, 0.4) is 0 Å². The Kier molecular flexibility index (Phi) is 21.1. The van der Waals surface area contributed by atoms with Gasteiger partial charge in [-0.05, 0) is 63.5 Å². The third-order valence-electron chi connectivity index (χ3n) is 6.78. The summed E-state index contributed by atoms with van der Waals surface area (Å²) >= 11 is 0. The monoisotopic (exact) mass is 799 g/mol. The van der Waals surface area contributed by atoms with Gasteiger partial charge in [0.1, 0.15) is 24.6 Å². The second-order valence-corrected chi connectivity index (χ2v) is 16.6. The van der Waals surface area contributed by atoms with Gasteiger partial charge in [0.05, 0.1) is 58.2 Å². The fourth-order valence-electron chi connectivity index (χ4n) is 4.41. The number of nitrogens with zero attached hydrogens (tertiary/aromatic N) is 2. The highest BCUT2D eigenvalue weighted by Crippen LogP contribution is 2.42. The minimum Gasteiger partial charge on any atom is -0.480 e. The number of rotatable bonds is 27. The molecule has 2 rings (SSSR count). The van der Waals surface area contributed by atoms with Crippen LogP contribution in [0.1, 0.15) is 57.8 Å². The first-order chi connectivity index (χ1) is 25.5. The molecular formula is C35H54N5O12PS. The Morgan fingerprint density at radius 1 is 0.815 bits per heavy atom. The summed E-state index contributed by atoms with van der Waals surface area (Å²) in [6, 6.07) is 6.88. The molecule has 302 valence electrons. The standard InChI is InChI=1S/C35H54N5O12PS/c1-34(2,3)51-31(44)11-12-35(4,5)25-53(6)52-27-7-9-28(10-8-27)54(46)40-33-38-21-26(22-39-33)32(45)37-14-16-48-17-19-49-23-29(41)36-13-15-47-18-20-50-24-30(42)43/h7-10,21-22H,11-20,23-25H2,1-6H3,(H,36,41)(H,37,45)(H,42,43)(H,38,39,40). The highest BCUT2D eigenvalue weighted by molar-refractivity contribution is 7.86. The van der Waals surface area contributed by atoms with Crippen LogP contribution in [-0.4, -0.2) is 127 Å². The first kappa shape index (κ1) is 46.4. The molecule has 0 saturated heterocycles. The topological polar surface area (TPSA) is 223 Å². The molecule has 19 heteroatoms. The van der Waals surface area contributed by atoms with Crippen molar-refractivity contribution in [1.82, 2.24) is 20.6 Å². The van der Waals surface area contributed by atoms with Gasteiger partial charge in [-0.2, -0.15) is 0 Å². The molecule has 0 aliphatic carbocycles. The molecule has 0 bridgehead atoms. The van der Waals surface area contributed by atoms with Crippen LogP contribution in [0.25, 0.3) is 0 Å². The molecule has 17 nitrogen and oxygen atoms in total. The van der Waals surface area contributed by atoms with Crippen LogP contribution in [0, 0.1) is 5.41 Å². The molecule has 2 unspecified atom stereocenters. The number of carboxylic acid groups (broad SMARTS) is 1. The van der Waals surface area contributed by atoms with Crippen molar-refractivity contribution in [2.24, 2.45) is 5.41 Å². The Hall–Kier alpha value is -3.80. The Bertz CT molecular complexity index is 1480. The molecule has 54 heavy (non-hydrogen) atoms. The average molecular weight is 800 g/mol. The summed E-state index contributed by atoms with van der Waals surface area (Å²) in [5.41, 5.74) is -0.404. The Morgan fingerprint density at radius 3 is 1.98 bits per heavy atom. The zero-order valence-corrected chi connectivity index (χ0v) is 33.6. The normalized spacial score (nSPS) is 12.7. The number of carbonyl (C=O) groups is 4. The Balaban J connectivity index is 1.59. The maximum atomic E-state index is 12.9. The van der Waals surface area contributed by atoms with Crippen LogP contribution < -0.4 is 19.9 Å². The largest absolute Gasteiger partial charge is 0.480 e. The van der Waals surface area contributed by atoms with Crippen molar-refractivity contribution in [2.75, 3.05) is 83.5 Å². The number of nitrogens with one attached hydrogen (secondary N) is 3. The van der Waals surface area contributed by atoms with Gasteiger partial charge < -0.3 is 43.9 Å². The lowest BCUT2D eigenvalue weighted by Crippen LogP contribution is -2.31. The first-order valence-corrected chi connectivity index (χ1v) is 20.4. The van der Waals surface area contributed by atoms with Crippen molar-refractivity contribution < 1.29 is 56.7 Å². The molecular weight excluding hydrogens is 745 g/mol. The molecule has 1 aromatic heterocycles. The lowest BCUT2D eigenvalue weighted by molar-refractivity contribution is -0.155. The summed E-state index contributed by atoms with van der Waals surface area (Å²) in [5.74, 6) is -1.25. The molecule has 0 saturated carbocycles. The fourth-order valence-corrected chi connectivity index (χ4v) is 7.09. The van der Waals surface area contributed by atoms with E-state index in [4.69, 9.17) is 33.3 Å². The number of aliphatic carboxylic acids is 1. The molecule has 4 N–H and O–H groups in total. The minimum atomic E-state index is -1.66. The van der Waals surface area contributed by atoms with Crippen LogP contribution in [0.4, 0.5) is 5.95 Å². The summed E-state index contributed by atoms with van der Waals surface area (Å²) in [7, 11) is -2.49. The van der Waals surface area contributed by atoms with Crippen molar-refractivity contribution in [3.63, 3.8) is 0 Å². The molecule has 0 spiro atoms. The number of carbonyl (C=O) groups excluding carboxylic acids is 3.